The van der Waals surface area contributed by atoms with Crippen LogP contribution < -0.4 is 0 Å². The predicted molar refractivity (Wildman–Crippen MR) is 99.9 cm³/mol. The van der Waals surface area contributed by atoms with E-state index in [2.05, 4.69) is 26.9 Å². The Morgan fingerprint density at radius 3 is 2.69 bits per heavy atom. The third-order valence-corrected chi connectivity index (χ3v) is 5.86. The van der Waals surface area contributed by atoms with Crippen LogP contribution in [-0.2, 0) is 11.3 Å². The molecule has 26 heavy (non-hydrogen) atoms. The Bertz CT molecular complexity index is 919. The summed E-state index contributed by atoms with van der Waals surface area (Å²) < 4.78 is 7.52. The standard InChI is InChI=1S/C19H20N4O2S/c1-13-15(9-11-25-13)17-20-21-19(26-16-8-10-22(2)18(16)24)23(17)12-14-6-4-3-5-7-14/h3-7,9,11,16H,8,10,12H2,1-2H3. The second kappa shape index (κ2) is 6.99. The van der Waals surface area contributed by atoms with Gasteiger partial charge in [0.1, 0.15) is 5.76 Å². The minimum atomic E-state index is -0.1000. The zero-order valence-corrected chi connectivity index (χ0v) is 15.6. The number of furan rings is 1. The van der Waals surface area contributed by atoms with Gasteiger partial charge in [0.05, 0.1) is 23.6 Å². The topological polar surface area (TPSA) is 64.2 Å². The van der Waals surface area contributed by atoms with E-state index >= 15 is 0 Å². The van der Waals surface area contributed by atoms with E-state index in [4.69, 9.17) is 4.42 Å². The molecule has 0 N–H and O–H groups in total. The number of carbonyl (C=O) groups is 1. The molecule has 0 aliphatic carbocycles. The molecule has 0 spiro atoms. The Kier molecular flexibility index (Phi) is 4.55. The van der Waals surface area contributed by atoms with Gasteiger partial charge in [0.25, 0.3) is 0 Å². The van der Waals surface area contributed by atoms with E-state index in [1.165, 1.54) is 11.8 Å². The first-order chi connectivity index (χ1) is 12.6. The van der Waals surface area contributed by atoms with Crippen LogP contribution in [0.25, 0.3) is 11.4 Å². The first-order valence-corrected chi connectivity index (χ1v) is 9.44. The number of carbonyl (C=O) groups excluding carboxylic acids is 1. The first-order valence-electron chi connectivity index (χ1n) is 8.56. The quantitative estimate of drug-likeness (QED) is 0.692. The fraction of sp³-hybridized carbons (Fsp3) is 0.316. The van der Waals surface area contributed by atoms with Gasteiger partial charge in [0, 0.05) is 13.6 Å². The van der Waals surface area contributed by atoms with Crippen LogP contribution in [0.3, 0.4) is 0 Å². The Morgan fingerprint density at radius 1 is 1.23 bits per heavy atom. The van der Waals surface area contributed by atoms with Crippen molar-refractivity contribution in [3.63, 3.8) is 0 Å². The summed E-state index contributed by atoms with van der Waals surface area (Å²) in [6.45, 7) is 3.35. The monoisotopic (exact) mass is 368 g/mol. The van der Waals surface area contributed by atoms with Crippen molar-refractivity contribution in [1.29, 1.82) is 0 Å². The van der Waals surface area contributed by atoms with Crippen LogP contribution in [0, 0.1) is 6.92 Å². The molecule has 0 radical (unpaired) electrons. The number of benzene rings is 1. The molecule has 134 valence electrons. The van der Waals surface area contributed by atoms with E-state index in [-0.39, 0.29) is 11.2 Å². The number of thioether (sulfide) groups is 1. The lowest BCUT2D eigenvalue weighted by atomic mass is 10.2. The van der Waals surface area contributed by atoms with Crippen LogP contribution in [0.4, 0.5) is 0 Å². The molecule has 0 saturated carbocycles. The molecular formula is C19H20N4O2S. The zero-order chi connectivity index (χ0) is 18.1. The average molecular weight is 368 g/mol. The maximum absolute atomic E-state index is 12.3. The Balaban J connectivity index is 1.71. The van der Waals surface area contributed by atoms with E-state index < -0.39 is 0 Å². The van der Waals surface area contributed by atoms with Crippen LogP contribution in [0.2, 0.25) is 0 Å². The number of aromatic nitrogens is 3. The van der Waals surface area contributed by atoms with E-state index in [1.54, 1.807) is 11.2 Å². The first kappa shape index (κ1) is 16.9. The number of likely N-dealkylation sites (tertiary alicyclic amines) is 1. The minimum Gasteiger partial charge on any atom is -0.469 e. The summed E-state index contributed by atoms with van der Waals surface area (Å²) in [6, 6.07) is 12.1. The van der Waals surface area contributed by atoms with E-state index in [0.29, 0.717) is 6.54 Å². The van der Waals surface area contributed by atoms with Gasteiger partial charge in [-0.1, -0.05) is 42.1 Å². The fourth-order valence-electron chi connectivity index (χ4n) is 3.13. The average Bonchev–Trinajstić information content (AvgIpc) is 3.32. The van der Waals surface area contributed by atoms with Gasteiger partial charge in [-0.25, -0.2) is 0 Å². The van der Waals surface area contributed by atoms with Crippen LogP contribution in [0.5, 0.6) is 0 Å². The van der Waals surface area contributed by atoms with Gasteiger partial charge in [-0.05, 0) is 25.0 Å². The van der Waals surface area contributed by atoms with Crippen molar-refractivity contribution < 1.29 is 9.21 Å². The highest BCUT2D eigenvalue weighted by molar-refractivity contribution is 8.00. The van der Waals surface area contributed by atoms with Gasteiger partial charge < -0.3 is 9.32 Å². The smallest absolute Gasteiger partial charge is 0.235 e. The number of nitrogens with zero attached hydrogens (tertiary/aromatic N) is 4. The molecule has 1 aromatic carbocycles. The van der Waals surface area contributed by atoms with Crippen molar-refractivity contribution in [2.75, 3.05) is 13.6 Å². The third kappa shape index (κ3) is 3.14. The van der Waals surface area contributed by atoms with Crippen LogP contribution in [-0.4, -0.2) is 44.4 Å². The van der Waals surface area contributed by atoms with Gasteiger partial charge >= 0.3 is 0 Å². The number of rotatable bonds is 5. The number of amides is 1. The molecule has 1 fully saturated rings. The third-order valence-electron chi connectivity index (χ3n) is 4.63. The maximum atomic E-state index is 12.3. The van der Waals surface area contributed by atoms with Gasteiger partial charge in [-0.2, -0.15) is 0 Å². The van der Waals surface area contributed by atoms with E-state index in [1.807, 2.05) is 38.2 Å². The van der Waals surface area contributed by atoms with Crippen molar-refractivity contribution in [1.82, 2.24) is 19.7 Å². The second-order valence-corrected chi connectivity index (χ2v) is 7.59. The summed E-state index contributed by atoms with van der Waals surface area (Å²) >= 11 is 1.50. The summed E-state index contributed by atoms with van der Waals surface area (Å²) in [4.78, 5) is 14.1. The van der Waals surface area contributed by atoms with Crippen molar-refractivity contribution in [3.05, 3.63) is 54.0 Å². The summed E-state index contributed by atoms with van der Waals surface area (Å²) in [5.74, 6) is 1.73. The van der Waals surface area contributed by atoms with E-state index in [9.17, 15) is 4.79 Å². The Labute approximate surface area is 156 Å². The minimum absolute atomic E-state index is 0.1000. The molecule has 1 atom stereocenters. The SMILES string of the molecule is Cc1occc1-c1nnc(SC2CCN(C)C2=O)n1Cc1ccccc1. The zero-order valence-electron chi connectivity index (χ0n) is 14.8. The fourth-order valence-corrected chi connectivity index (χ4v) is 4.25. The van der Waals surface area contributed by atoms with Gasteiger partial charge in [-0.15, -0.1) is 10.2 Å². The largest absolute Gasteiger partial charge is 0.469 e. The lowest BCUT2D eigenvalue weighted by Crippen LogP contribution is -2.24. The molecule has 2 aromatic heterocycles. The molecule has 6 nitrogen and oxygen atoms in total. The Morgan fingerprint density at radius 2 is 2.04 bits per heavy atom. The summed E-state index contributed by atoms with van der Waals surface area (Å²) in [5.41, 5.74) is 2.08. The molecular weight excluding hydrogens is 348 g/mol. The van der Waals surface area contributed by atoms with Crippen molar-refractivity contribution in [2.45, 2.75) is 30.3 Å². The highest BCUT2D eigenvalue weighted by Crippen LogP contribution is 2.33. The van der Waals surface area contributed by atoms with Gasteiger partial charge in [0.2, 0.25) is 5.91 Å². The van der Waals surface area contributed by atoms with Crippen molar-refractivity contribution in [3.8, 4) is 11.4 Å². The van der Waals surface area contributed by atoms with Crippen LogP contribution in [0.1, 0.15) is 17.7 Å². The molecule has 1 amide bonds. The normalized spacial score (nSPS) is 17.2. The lowest BCUT2D eigenvalue weighted by molar-refractivity contribution is -0.126. The van der Waals surface area contributed by atoms with Crippen LogP contribution >= 0.6 is 11.8 Å². The molecule has 3 aromatic rings. The van der Waals surface area contributed by atoms with Gasteiger partial charge in [0.15, 0.2) is 11.0 Å². The molecule has 3 heterocycles. The Hall–Kier alpha value is -2.54. The van der Waals surface area contributed by atoms with Gasteiger partial charge in [-0.3, -0.25) is 9.36 Å². The lowest BCUT2D eigenvalue weighted by Gasteiger charge is -2.12. The maximum Gasteiger partial charge on any atom is 0.235 e. The molecule has 1 aliphatic heterocycles. The molecule has 1 unspecified atom stereocenters. The number of aryl methyl sites for hydroxylation is 1. The molecule has 7 heteroatoms. The number of hydrogen-bond acceptors (Lipinski definition) is 5. The molecule has 1 saturated heterocycles. The summed E-state index contributed by atoms with van der Waals surface area (Å²) in [5, 5.41) is 9.47. The summed E-state index contributed by atoms with van der Waals surface area (Å²) in [6.07, 6.45) is 2.49. The highest BCUT2D eigenvalue weighted by atomic mass is 32.2. The predicted octanol–water partition coefficient (Wildman–Crippen LogP) is 3.22. The molecule has 1 aliphatic rings. The molecule has 4 rings (SSSR count). The van der Waals surface area contributed by atoms with Crippen molar-refractivity contribution >= 4 is 17.7 Å². The highest BCUT2D eigenvalue weighted by Gasteiger charge is 2.32. The van der Waals surface area contributed by atoms with Crippen LogP contribution in [0.15, 0.2) is 52.2 Å². The van der Waals surface area contributed by atoms with E-state index in [0.717, 1.165) is 40.8 Å². The summed E-state index contributed by atoms with van der Waals surface area (Å²) in [7, 11) is 1.85. The van der Waals surface area contributed by atoms with Crippen molar-refractivity contribution in [2.24, 2.45) is 0 Å². The second-order valence-electron chi connectivity index (χ2n) is 6.42. The molecule has 0 bridgehead atoms. The number of hydrogen-bond donors (Lipinski definition) is 0.